The van der Waals surface area contributed by atoms with Crippen LogP contribution in [0.2, 0.25) is 0 Å². The maximum atomic E-state index is 10.9. The first-order valence-corrected chi connectivity index (χ1v) is 5.62. The highest BCUT2D eigenvalue weighted by Crippen LogP contribution is 2.40. The van der Waals surface area contributed by atoms with Gasteiger partial charge in [-0.25, -0.2) is 4.42 Å². The van der Waals surface area contributed by atoms with Crippen molar-refractivity contribution in [2.45, 2.75) is 64.6 Å². The predicted molar refractivity (Wildman–Crippen MR) is 60.6 cm³/mol. The first kappa shape index (κ1) is 12.8. The van der Waals surface area contributed by atoms with Crippen molar-refractivity contribution in [1.29, 1.82) is 0 Å². The maximum Gasteiger partial charge on any atom is 0.302 e. The van der Waals surface area contributed by atoms with Crippen LogP contribution in [0.4, 0.5) is 0 Å². The van der Waals surface area contributed by atoms with Crippen LogP contribution in [0.15, 0.2) is 0 Å². The van der Waals surface area contributed by atoms with Crippen LogP contribution in [-0.4, -0.2) is 27.6 Å². The minimum Gasteiger partial charge on any atom is -0.462 e. The molecule has 0 radical (unpaired) electrons. The summed E-state index contributed by atoms with van der Waals surface area (Å²) in [6.07, 6.45) is 1.53. The molecule has 1 saturated heterocycles. The van der Waals surface area contributed by atoms with Crippen LogP contribution in [0, 0.1) is 0 Å². The third kappa shape index (κ3) is 2.85. The lowest BCUT2D eigenvalue weighted by atomic mass is 9.81. The van der Waals surface area contributed by atoms with Gasteiger partial charge in [-0.3, -0.25) is 4.79 Å². The first-order valence-electron chi connectivity index (χ1n) is 5.28. The summed E-state index contributed by atoms with van der Waals surface area (Å²) in [7, 11) is 0. The SMILES string of the molecule is CC(=O)OC1CC(C)(C)N(Cl)C(C)(C)C1. The Labute approximate surface area is 96.8 Å². The van der Waals surface area contributed by atoms with Gasteiger partial charge in [-0.15, -0.1) is 0 Å². The summed E-state index contributed by atoms with van der Waals surface area (Å²) in [6.45, 7) is 9.72. The summed E-state index contributed by atoms with van der Waals surface area (Å²) >= 11 is 6.29. The van der Waals surface area contributed by atoms with E-state index in [0.717, 1.165) is 12.8 Å². The largest absolute Gasteiger partial charge is 0.462 e. The number of ether oxygens (including phenoxy) is 1. The first-order chi connectivity index (χ1) is 6.65. The Morgan fingerprint density at radius 2 is 1.67 bits per heavy atom. The third-order valence-corrected chi connectivity index (χ3v) is 3.77. The van der Waals surface area contributed by atoms with Crippen LogP contribution in [-0.2, 0) is 9.53 Å². The summed E-state index contributed by atoms with van der Waals surface area (Å²) in [4.78, 5) is 10.9. The molecule has 3 nitrogen and oxygen atoms in total. The van der Waals surface area contributed by atoms with Crippen LogP contribution >= 0.6 is 11.8 Å². The van der Waals surface area contributed by atoms with E-state index in [2.05, 4.69) is 27.7 Å². The van der Waals surface area contributed by atoms with E-state index in [9.17, 15) is 4.79 Å². The second-order valence-electron chi connectivity index (χ2n) is 5.55. The molecule has 1 fully saturated rings. The quantitative estimate of drug-likeness (QED) is 0.515. The maximum absolute atomic E-state index is 10.9. The van der Waals surface area contributed by atoms with E-state index in [-0.39, 0.29) is 23.2 Å². The zero-order valence-corrected chi connectivity index (χ0v) is 10.9. The average Bonchev–Trinajstić information content (AvgIpc) is 1.97. The van der Waals surface area contributed by atoms with Crippen LogP contribution in [0.3, 0.4) is 0 Å². The summed E-state index contributed by atoms with van der Waals surface area (Å²) in [6, 6.07) is 0. The number of carbonyl (C=O) groups excluding carboxylic acids is 1. The number of nitrogens with zero attached hydrogens (tertiary/aromatic N) is 1. The monoisotopic (exact) mass is 233 g/mol. The second kappa shape index (κ2) is 3.95. The summed E-state index contributed by atoms with van der Waals surface area (Å²) in [5.41, 5.74) is -0.299. The zero-order chi connectivity index (χ0) is 11.9. The van der Waals surface area contributed by atoms with E-state index < -0.39 is 0 Å². The molecule has 0 unspecified atom stereocenters. The van der Waals surface area contributed by atoms with Crippen molar-refractivity contribution in [3.05, 3.63) is 0 Å². The molecule has 1 rings (SSSR count). The van der Waals surface area contributed by atoms with Gasteiger partial charge in [0.1, 0.15) is 6.10 Å². The number of halogens is 1. The van der Waals surface area contributed by atoms with Crippen LogP contribution in [0.5, 0.6) is 0 Å². The van der Waals surface area contributed by atoms with Crippen molar-refractivity contribution in [3.63, 3.8) is 0 Å². The number of piperidine rings is 1. The predicted octanol–water partition coefficient (Wildman–Crippen LogP) is 2.72. The summed E-state index contributed by atoms with van der Waals surface area (Å²) < 4.78 is 7.13. The van der Waals surface area contributed by atoms with Crippen LogP contribution in [0.25, 0.3) is 0 Å². The number of carbonyl (C=O) groups is 1. The van der Waals surface area contributed by atoms with Gasteiger partial charge in [0.2, 0.25) is 0 Å². The van der Waals surface area contributed by atoms with Crippen molar-refractivity contribution >= 4 is 17.7 Å². The highest BCUT2D eigenvalue weighted by molar-refractivity contribution is 6.14. The highest BCUT2D eigenvalue weighted by atomic mass is 35.5. The lowest BCUT2D eigenvalue weighted by molar-refractivity contribution is -0.153. The Bertz CT molecular complexity index is 245. The van der Waals surface area contributed by atoms with Gasteiger partial charge in [0.25, 0.3) is 0 Å². The molecular formula is C11H20ClNO2. The molecule has 0 amide bonds. The fourth-order valence-corrected chi connectivity index (χ4v) is 2.62. The molecule has 1 heterocycles. The van der Waals surface area contributed by atoms with Gasteiger partial charge in [-0.1, -0.05) is 0 Å². The fourth-order valence-electron chi connectivity index (χ4n) is 2.48. The van der Waals surface area contributed by atoms with E-state index in [4.69, 9.17) is 16.5 Å². The van der Waals surface area contributed by atoms with E-state index in [1.165, 1.54) is 6.92 Å². The average molecular weight is 234 g/mol. The highest BCUT2D eigenvalue weighted by Gasteiger charge is 2.45. The Morgan fingerprint density at radius 1 is 1.27 bits per heavy atom. The molecule has 0 aromatic carbocycles. The van der Waals surface area contributed by atoms with Crippen LogP contribution in [0.1, 0.15) is 47.5 Å². The van der Waals surface area contributed by atoms with Crippen molar-refractivity contribution < 1.29 is 9.53 Å². The molecule has 0 aliphatic carbocycles. The molecule has 15 heavy (non-hydrogen) atoms. The molecular weight excluding hydrogens is 214 g/mol. The minimum atomic E-state index is -0.213. The van der Waals surface area contributed by atoms with Gasteiger partial charge in [-0.05, 0) is 39.5 Å². The number of esters is 1. The summed E-state index contributed by atoms with van der Waals surface area (Å²) in [5.74, 6) is -0.213. The molecule has 0 saturated carbocycles. The lowest BCUT2D eigenvalue weighted by Gasteiger charge is -2.50. The third-order valence-electron chi connectivity index (χ3n) is 2.85. The van der Waals surface area contributed by atoms with Crippen molar-refractivity contribution in [2.75, 3.05) is 0 Å². The molecule has 1 aliphatic heterocycles. The number of rotatable bonds is 1. The number of hydrogen-bond donors (Lipinski definition) is 0. The molecule has 0 bridgehead atoms. The topological polar surface area (TPSA) is 29.5 Å². The van der Waals surface area contributed by atoms with E-state index in [0.29, 0.717) is 0 Å². The van der Waals surface area contributed by atoms with E-state index in [1.807, 2.05) is 4.42 Å². The molecule has 0 aromatic rings. The van der Waals surface area contributed by atoms with Crippen molar-refractivity contribution in [2.24, 2.45) is 0 Å². The van der Waals surface area contributed by atoms with Crippen molar-refractivity contribution in [1.82, 2.24) is 4.42 Å². The van der Waals surface area contributed by atoms with Gasteiger partial charge >= 0.3 is 5.97 Å². The Hall–Kier alpha value is -0.280. The second-order valence-corrected chi connectivity index (χ2v) is 5.88. The molecule has 4 heteroatoms. The number of hydrogen-bond acceptors (Lipinski definition) is 3. The molecule has 0 aromatic heterocycles. The molecule has 0 N–H and O–H groups in total. The molecule has 1 aliphatic rings. The molecule has 0 spiro atoms. The van der Waals surface area contributed by atoms with E-state index in [1.54, 1.807) is 0 Å². The van der Waals surface area contributed by atoms with Gasteiger partial charge in [0, 0.05) is 30.8 Å². The van der Waals surface area contributed by atoms with E-state index >= 15 is 0 Å². The summed E-state index contributed by atoms with van der Waals surface area (Å²) in [5, 5.41) is 0. The Balaban J connectivity index is 2.79. The van der Waals surface area contributed by atoms with Crippen molar-refractivity contribution in [3.8, 4) is 0 Å². The van der Waals surface area contributed by atoms with Gasteiger partial charge < -0.3 is 4.74 Å². The molecule has 0 atom stereocenters. The van der Waals surface area contributed by atoms with Gasteiger partial charge in [0.05, 0.1) is 0 Å². The fraction of sp³-hybridized carbons (Fsp3) is 0.909. The minimum absolute atomic E-state index is 0.0255. The lowest BCUT2D eigenvalue weighted by Crippen LogP contribution is -2.57. The standard InChI is InChI=1S/C11H20ClNO2/c1-8(14)15-9-6-10(2,3)13(12)11(4,5)7-9/h9H,6-7H2,1-5H3. The normalized spacial score (nSPS) is 26.3. The van der Waals surface area contributed by atoms with Crippen LogP contribution < -0.4 is 0 Å². The van der Waals surface area contributed by atoms with Gasteiger partial charge in [-0.2, -0.15) is 0 Å². The zero-order valence-electron chi connectivity index (χ0n) is 10.1. The Morgan fingerprint density at radius 3 is 2.00 bits per heavy atom. The smallest absolute Gasteiger partial charge is 0.302 e. The van der Waals surface area contributed by atoms with Gasteiger partial charge in [0.15, 0.2) is 0 Å². The Kier molecular flexibility index (Phi) is 3.36. The molecule has 88 valence electrons.